The Morgan fingerprint density at radius 1 is 1.33 bits per heavy atom. The Morgan fingerprint density at radius 3 is 1.89 bits per heavy atom. The molecule has 3 N–H and O–H groups in total. The molecule has 0 aliphatic carbocycles. The second-order valence-electron chi connectivity index (χ2n) is 1.92. The molecular weight excluding hydrogens is 120 g/mol. The van der Waals surface area contributed by atoms with Crippen molar-refractivity contribution in [3.63, 3.8) is 0 Å². The third-order valence-electron chi connectivity index (χ3n) is 1.02. The van der Waals surface area contributed by atoms with Gasteiger partial charge in [-0.1, -0.05) is 12.2 Å². The van der Waals surface area contributed by atoms with E-state index >= 15 is 0 Å². The first-order valence-electron chi connectivity index (χ1n) is 2.76. The quantitative estimate of drug-likeness (QED) is 0.444. The fourth-order valence-corrected chi connectivity index (χ4v) is 0.466. The van der Waals surface area contributed by atoms with Crippen LogP contribution in [0.4, 0.5) is 0 Å². The fourth-order valence-electron chi connectivity index (χ4n) is 0.466. The van der Waals surface area contributed by atoms with Crippen LogP contribution in [0.2, 0.25) is 0 Å². The predicted molar refractivity (Wildman–Crippen MR) is 33.9 cm³/mol. The molecule has 0 aromatic carbocycles. The molecule has 0 atom stereocenters. The van der Waals surface area contributed by atoms with Crippen LogP contribution in [0.1, 0.15) is 6.92 Å². The standard InChI is InChI=1S/C6H12O3/c1-2-3-6(9,4-7)5-8/h2-3,7-9H,4-5H2,1H3/b3-2+. The number of hydrogen-bond donors (Lipinski definition) is 3. The smallest absolute Gasteiger partial charge is 0.129 e. The van der Waals surface area contributed by atoms with Crippen LogP contribution in [-0.4, -0.2) is 34.1 Å². The summed E-state index contributed by atoms with van der Waals surface area (Å²) in [6, 6.07) is 0. The monoisotopic (exact) mass is 132 g/mol. The summed E-state index contributed by atoms with van der Waals surface area (Å²) >= 11 is 0. The van der Waals surface area contributed by atoms with Crippen molar-refractivity contribution in [2.24, 2.45) is 0 Å². The molecule has 0 bridgehead atoms. The number of allylic oxidation sites excluding steroid dienone is 1. The van der Waals surface area contributed by atoms with E-state index in [1.54, 1.807) is 13.0 Å². The minimum absolute atomic E-state index is 0.451. The van der Waals surface area contributed by atoms with E-state index in [1.807, 2.05) is 0 Å². The molecule has 0 radical (unpaired) electrons. The number of aliphatic hydroxyl groups is 3. The first-order chi connectivity index (χ1) is 4.18. The predicted octanol–water partition coefficient (Wildman–Crippen LogP) is -0.722. The van der Waals surface area contributed by atoms with Gasteiger partial charge in [-0.05, 0) is 6.92 Å². The summed E-state index contributed by atoms with van der Waals surface area (Å²) in [5, 5.41) is 26.0. The summed E-state index contributed by atoms with van der Waals surface area (Å²) in [7, 11) is 0. The van der Waals surface area contributed by atoms with Crippen molar-refractivity contribution < 1.29 is 15.3 Å². The number of aliphatic hydroxyl groups excluding tert-OH is 2. The summed E-state index contributed by atoms with van der Waals surface area (Å²) < 4.78 is 0. The topological polar surface area (TPSA) is 60.7 Å². The molecule has 0 aliphatic rings. The lowest BCUT2D eigenvalue weighted by Gasteiger charge is -2.17. The minimum Gasteiger partial charge on any atom is -0.393 e. The van der Waals surface area contributed by atoms with Crippen molar-refractivity contribution >= 4 is 0 Å². The van der Waals surface area contributed by atoms with Gasteiger partial charge in [-0.2, -0.15) is 0 Å². The highest BCUT2D eigenvalue weighted by molar-refractivity contribution is 4.98. The minimum atomic E-state index is -1.44. The molecule has 3 heteroatoms. The van der Waals surface area contributed by atoms with Gasteiger partial charge >= 0.3 is 0 Å². The third-order valence-corrected chi connectivity index (χ3v) is 1.02. The highest BCUT2D eigenvalue weighted by atomic mass is 16.4. The largest absolute Gasteiger partial charge is 0.393 e. The molecule has 0 aliphatic heterocycles. The van der Waals surface area contributed by atoms with Gasteiger partial charge in [0.25, 0.3) is 0 Å². The maximum atomic E-state index is 9.04. The maximum Gasteiger partial charge on any atom is 0.129 e. The van der Waals surface area contributed by atoms with E-state index in [0.717, 1.165) is 0 Å². The molecule has 0 saturated carbocycles. The average Bonchev–Trinajstić information content (AvgIpc) is 1.89. The molecule has 3 nitrogen and oxygen atoms in total. The van der Waals surface area contributed by atoms with Gasteiger partial charge in [0.1, 0.15) is 5.60 Å². The zero-order valence-corrected chi connectivity index (χ0v) is 5.41. The molecule has 0 aromatic heterocycles. The van der Waals surface area contributed by atoms with Crippen LogP contribution in [0.5, 0.6) is 0 Å². The van der Waals surface area contributed by atoms with Crippen LogP contribution < -0.4 is 0 Å². The van der Waals surface area contributed by atoms with Crippen LogP contribution in [0.3, 0.4) is 0 Å². The van der Waals surface area contributed by atoms with Crippen LogP contribution >= 0.6 is 0 Å². The molecule has 0 fully saturated rings. The van der Waals surface area contributed by atoms with Gasteiger partial charge in [0.15, 0.2) is 0 Å². The molecule has 54 valence electrons. The van der Waals surface area contributed by atoms with Gasteiger partial charge in [-0.25, -0.2) is 0 Å². The Hall–Kier alpha value is -0.380. The van der Waals surface area contributed by atoms with Crippen molar-refractivity contribution in [3.05, 3.63) is 12.2 Å². The second-order valence-corrected chi connectivity index (χ2v) is 1.92. The van der Waals surface area contributed by atoms with Gasteiger partial charge in [0.2, 0.25) is 0 Å². The van der Waals surface area contributed by atoms with Crippen LogP contribution in [0, 0.1) is 0 Å². The molecule has 0 saturated heterocycles. The van der Waals surface area contributed by atoms with Gasteiger partial charge in [-0.3, -0.25) is 0 Å². The molecule has 0 spiro atoms. The van der Waals surface area contributed by atoms with Gasteiger partial charge < -0.3 is 15.3 Å². The normalized spacial score (nSPS) is 12.9. The molecule has 9 heavy (non-hydrogen) atoms. The van der Waals surface area contributed by atoms with Crippen LogP contribution in [-0.2, 0) is 0 Å². The van der Waals surface area contributed by atoms with Gasteiger partial charge in [0, 0.05) is 0 Å². The summed E-state index contributed by atoms with van der Waals surface area (Å²) in [4.78, 5) is 0. The second kappa shape index (κ2) is 3.61. The van der Waals surface area contributed by atoms with Crippen molar-refractivity contribution in [2.45, 2.75) is 12.5 Å². The van der Waals surface area contributed by atoms with E-state index in [9.17, 15) is 0 Å². The Morgan fingerprint density at radius 2 is 1.78 bits per heavy atom. The lowest BCUT2D eigenvalue weighted by atomic mass is 10.1. The third kappa shape index (κ3) is 2.60. The Bertz CT molecular complexity index is 94.5. The summed E-state index contributed by atoms with van der Waals surface area (Å²) in [6.07, 6.45) is 2.93. The van der Waals surface area contributed by atoms with Gasteiger partial charge in [0.05, 0.1) is 13.2 Å². The average molecular weight is 132 g/mol. The number of rotatable bonds is 3. The first kappa shape index (κ1) is 8.62. The van der Waals surface area contributed by atoms with Crippen molar-refractivity contribution in [1.29, 1.82) is 0 Å². The maximum absolute atomic E-state index is 9.04. The van der Waals surface area contributed by atoms with E-state index in [2.05, 4.69) is 0 Å². The van der Waals surface area contributed by atoms with Crippen molar-refractivity contribution in [1.82, 2.24) is 0 Å². The first-order valence-corrected chi connectivity index (χ1v) is 2.76. The summed E-state index contributed by atoms with van der Waals surface area (Å²) in [5.74, 6) is 0. The Labute approximate surface area is 54.3 Å². The highest BCUT2D eigenvalue weighted by Gasteiger charge is 2.19. The van der Waals surface area contributed by atoms with E-state index in [4.69, 9.17) is 15.3 Å². The van der Waals surface area contributed by atoms with Crippen LogP contribution in [0.15, 0.2) is 12.2 Å². The summed E-state index contributed by atoms with van der Waals surface area (Å²) in [6.45, 7) is 0.804. The van der Waals surface area contributed by atoms with Crippen molar-refractivity contribution in [3.8, 4) is 0 Å². The number of hydrogen-bond acceptors (Lipinski definition) is 3. The lowest BCUT2D eigenvalue weighted by Crippen LogP contribution is -2.34. The molecule has 0 aromatic rings. The molecule has 0 unspecified atom stereocenters. The molecular formula is C6H12O3. The molecule has 0 amide bonds. The zero-order valence-electron chi connectivity index (χ0n) is 5.41. The Balaban J connectivity index is 3.92. The van der Waals surface area contributed by atoms with E-state index in [0.29, 0.717) is 0 Å². The zero-order chi connectivity index (χ0) is 7.33. The highest BCUT2D eigenvalue weighted by Crippen LogP contribution is 2.02. The summed E-state index contributed by atoms with van der Waals surface area (Å²) in [5.41, 5.74) is -1.44. The van der Waals surface area contributed by atoms with E-state index < -0.39 is 18.8 Å². The van der Waals surface area contributed by atoms with E-state index in [1.165, 1.54) is 6.08 Å². The SMILES string of the molecule is C/C=C/C(O)(CO)CO. The fraction of sp³-hybridized carbons (Fsp3) is 0.667. The van der Waals surface area contributed by atoms with E-state index in [-0.39, 0.29) is 0 Å². The molecule has 0 heterocycles. The lowest BCUT2D eigenvalue weighted by molar-refractivity contribution is -0.0171. The van der Waals surface area contributed by atoms with Crippen LogP contribution in [0.25, 0.3) is 0 Å². The van der Waals surface area contributed by atoms with Gasteiger partial charge in [-0.15, -0.1) is 0 Å². The molecule has 0 rings (SSSR count). The Kier molecular flexibility index (Phi) is 3.46. The van der Waals surface area contributed by atoms with Crippen molar-refractivity contribution in [2.75, 3.05) is 13.2 Å².